The summed E-state index contributed by atoms with van der Waals surface area (Å²) in [7, 11) is 0. The number of anilines is 1. The largest absolute Gasteiger partial charge is 0.466 e. The average Bonchev–Trinajstić information content (AvgIpc) is 2.86. The van der Waals surface area contributed by atoms with Gasteiger partial charge in [0.05, 0.1) is 18.7 Å². The van der Waals surface area contributed by atoms with Crippen molar-refractivity contribution in [1.29, 1.82) is 0 Å². The molecular formula is C14H15ClN2O2S. The summed E-state index contributed by atoms with van der Waals surface area (Å²) in [5.74, 6) is -0.248. The third-order valence-corrected chi connectivity index (χ3v) is 3.64. The molecule has 1 aromatic carbocycles. The Bertz CT molecular complexity index is 569. The number of thiazole rings is 1. The minimum Gasteiger partial charge on any atom is -0.466 e. The van der Waals surface area contributed by atoms with E-state index in [-0.39, 0.29) is 12.4 Å². The van der Waals surface area contributed by atoms with Crippen LogP contribution >= 0.6 is 22.9 Å². The van der Waals surface area contributed by atoms with Crippen molar-refractivity contribution in [3.8, 4) is 0 Å². The fourth-order valence-electron chi connectivity index (χ4n) is 1.61. The first kappa shape index (κ1) is 14.8. The topological polar surface area (TPSA) is 51.2 Å². The van der Waals surface area contributed by atoms with E-state index in [4.69, 9.17) is 16.3 Å². The van der Waals surface area contributed by atoms with Crippen molar-refractivity contribution < 1.29 is 9.53 Å². The minimum atomic E-state index is -0.248. The Morgan fingerprint density at radius 3 is 2.85 bits per heavy atom. The van der Waals surface area contributed by atoms with Crippen molar-refractivity contribution in [3.63, 3.8) is 0 Å². The molecule has 0 aliphatic heterocycles. The Hall–Kier alpha value is -1.59. The Balaban J connectivity index is 1.86. The molecule has 106 valence electrons. The summed E-state index contributed by atoms with van der Waals surface area (Å²) in [6, 6.07) is 7.63. The molecule has 0 amide bonds. The zero-order chi connectivity index (χ0) is 14.4. The number of aromatic nitrogens is 1. The average molecular weight is 311 g/mol. The van der Waals surface area contributed by atoms with Crippen LogP contribution in [0, 0.1) is 0 Å². The summed E-state index contributed by atoms with van der Waals surface area (Å²) in [4.78, 5) is 15.7. The number of hydrogen-bond donors (Lipinski definition) is 1. The molecule has 1 heterocycles. The number of hydrogen-bond acceptors (Lipinski definition) is 5. The molecule has 0 saturated carbocycles. The highest BCUT2D eigenvalue weighted by molar-refractivity contribution is 7.13. The SMILES string of the molecule is CCOC(=O)Cc1csc(NCc2ccc(Cl)cc2)n1. The lowest BCUT2D eigenvalue weighted by atomic mass is 10.2. The third-order valence-electron chi connectivity index (χ3n) is 2.54. The molecule has 1 N–H and O–H groups in total. The van der Waals surface area contributed by atoms with Crippen LogP contribution in [0.25, 0.3) is 0 Å². The summed E-state index contributed by atoms with van der Waals surface area (Å²) >= 11 is 7.31. The van der Waals surface area contributed by atoms with Gasteiger partial charge in [0.25, 0.3) is 0 Å². The van der Waals surface area contributed by atoms with Crippen LogP contribution < -0.4 is 5.32 Å². The molecule has 0 fully saturated rings. The monoisotopic (exact) mass is 310 g/mol. The van der Waals surface area contributed by atoms with Gasteiger partial charge in [0, 0.05) is 16.9 Å². The number of benzene rings is 1. The van der Waals surface area contributed by atoms with Crippen molar-refractivity contribution in [3.05, 3.63) is 45.9 Å². The van der Waals surface area contributed by atoms with Crippen molar-refractivity contribution >= 4 is 34.0 Å². The lowest BCUT2D eigenvalue weighted by Crippen LogP contribution is -2.07. The van der Waals surface area contributed by atoms with Gasteiger partial charge in [-0.05, 0) is 24.6 Å². The number of esters is 1. The van der Waals surface area contributed by atoms with Crippen LogP contribution in [0.5, 0.6) is 0 Å². The second kappa shape index (κ2) is 7.26. The van der Waals surface area contributed by atoms with Gasteiger partial charge >= 0.3 is 5.97 Å². The van der Waals surface area contributed by atoms with Crippen LogP contribution in [0.15, 0.2) is 29.6 Å². The zero-order valence-corrected chi connectivity index (χ0v) is 12.6. The van der Waals surface area contributed by atoms with Gasteiger partial charge < -0.3 is 10.1 Å². The van der Waals surface area contributed by atoms with Crippen molar-refractivity contribution in [1.82, 2.24) is 4.98 Å². The van der Waals surface area contributed by atoms with E-state index in [2.05, 4.69) is 10.3 Å². The number of halogens is 1. The van der Waals surface area contributed by atoms with Gasteiger partial charge in [-0.1, -0.05) is 23.7 Å². The van der Waals surface area contributed by atoms with Crippen LogP contribution in [-0.2, 0) is 22.5 Å². The molecule has 0 saturated heterocycles. The third kappa shape index (κ3) is 4.51. The maximum atomic E-state index is 11.3. The Kier molecular flexibility index (Phi) is 5.38. The second-order valence-electron chi connectivity index (χ2n) is 4.11. The molecule has 0 aliphatic carbocycles. The molecule has 0 spiro atoms. The van der Waals surface area contributed by atoms with Gasteiger partial charge in [-0.15, -0.1) is 11.3 Å². The number of carbonyl (C=O) groups excluding carboxylic acids is 1. The highest BCUT2D eigenvalue weighted by atomic mass is 35.5. The molecule has 0 bridgehead atoms. The van der Waals surface area contributed by atoms with Crippen LogP contribution in [0.1, 0.15) is 18.2 Å². The van der Waals surface area contributed by atoms with Crippen LogP contribution in [0.3, 0.4) is 0 Å². The molecule has 2 rings (SSSR count). The van der Waals surface area contributed by atoms with E-state index in [0.29, 0.717) is 13.2 Å². The van der Waals surface area contributed by atoms with Crippen LogP contribution in [0.2, 0.25) is 5.02 Å². The Labute approximate surface area is 126 Å². The number of nitrogens with zero attached hydrogens (tertiary/aromatic N) is 1. The van der Waals surface area contributed by atoms with E-state index in [1.807, 2.05) is 29.6 Å². The maximum absolute atomic E-state index is 11.3. The van der Waals surface area contributed by atoms with Crippen molar-refractivity contribution in [2.75, 3.05) is 11.9 Å². The van der Waals surface area contributed by atoms with Crippen LogP contribution in [-0.4, -0.2) is 17.6 Å². The standard InChI is InChI=1S/C14H15ClN2O2S/c1-2-19-13(18)7-12-9-20-14(17-12)16-8-10-3-5-11(15)6-4-10/h3-6,9H,2,7-8H2,1H3,(H,16,17). The fraction of sp³-hybridized carbons (Fsp3) is 0.286. The van der Waals surface area contributed by atoms with Gasteiger partial charge in [0.15, 0.2) is 5.13 Å². The van der Waals surface area contributed by atoms with Gasteiger partial charge in [0.2, 0.25) is 0 Å². The van der Waals surface area contributed by atoms with E-state index in [1.165, 1.54) is 11.3 Å². The van der Waals surface area contributed by atoms with Gasteiger partial charge in [-0.3, -0.25) is 4.79 Å². The number of ether oxygens (including phenoxy) is 1. The lowest BCUT2D eigenvalue weighted by Gasteiger charge is -2.02. The zero-order valence-electron chi connectivity index (χ0n) is 11.1. The van der Waals surface area contributed by atoms with E-state index < -0.39 is 0 Å². The number of carbonyl (C=O) groups is 1. The van der Waals surface area contributed by atoms with E-state index >= 15 is 0 Å². The normalized spacial score (nSPS) is 10.3. The van der Waals surface area contributed by atoms with Crippen molar-refractivity contribution in [2.24, 2.45) is 0 Å². The quantitative estimate of drug-likeness (QED) is 0.830. The molecule has 4 nitrogen and oxygen atoms in total. The lowest BCUT2D eigenvalue weighted by molar-refractivity contribution is -0.142. The van der Waals surface area contributed by atoms with E-state index in [9.17, 15) is 4.79 Å². The molecule has 0 radical (unpaired) electrons. The Morgan fingerprint density at radius 1 is 1.40 bits per heavy atom. The molecule has 0 aliphatic rings. The molecule has 0 unspecified atom stereocenters. The predicted octanol–water partition coefficient (Wildman–Crippen LogP) is 3.51. The number of nitrogens with one attached hydrogen (secondary N) is 1. The summed E-state index contributed by atoms with van der Waals surface area (Å²) in [6.07, 6.45) is 0.215. The van der Waals surface area contributed by atoms with E-state index in [1.54, 1.807) is 6.92 Å². The summed E-state index contributed by atoms with van der Waals surface area (Å²) in [5.41, 5.74) is 1.85. The predicted molar refractivity (Wildman–Crippen MR) is 81.2 cm³/mol. The molecule has 1 aromatic heterocycles. The van der Waals surface area contributed by atoms with Crippen molar-refractivity contribution in [2.45, 2.75) is 19.9 Å². The molecular weight excluding hydrogens is 296 g/mol. The van der Waals surface area contributed by atoms with Gasteiger partial charge in [0.1, 0.15) is 0 Å². The fourth-order valence-corrected chi connectivity index (χ4v) is 2.44. The summed E-state index contributed by atoms with van der Waals surface area (Å²) in [6.45, 7) is 2.85. The second-order valence-corrected chi connectivity index (χ2v) is 5.40. The van der Waals surface area contributed by atoms with Gasteiger partial charge in [-0.2, -0.15) is 0 Å². The first-order valence-electron chi connectivity index (χ1n) is 6.25. The smallest absolute Gasteiger partial charge is 0.311 e. The first-order valence-corrected chi connectivity index (χ1v) is 7.51. The van der Waals surface area contributed by atoms with Crippen LogP contribution in [0.4, 0.5) is 5.13 Å². The molecule has 0 atom stereocenters. The molecule has 2 aromatic rings. The molecule has 20 heavy (non-hydrogen) atoms. The Morgan fingerprint density at radius 2 is 2.15 bits per heavy atom. The summed E-state index contributed by atoms with van der Waals surface area (Å²) < 4.78 is 4.89. The highest BCUT2D eigenvalue weighted by Gasteiger charge is 2.08. The van der Waals surface area contributed by atoms with Gasteiger partial charge in [-0.25, -0.2) is 4.98 Å². The highest BCUT2D eigenvalue weighted by Crippen LogP contribution is 2.17. The first-order chi connectivity index (χ1) is 9.67. The number of rotatable bonds is 6. The summed E-state index contributed by atoms with van der Waals surface area (Å²) in [5, 5.41) is 6.59. The maximum Gasteiger partial charge on any atom is 0.311 e. The minimum absolute atomic E-state index is 0.215. The van der Waals surface area contributed by atoms with E-state index in [0.717, 1.165) is 21.4 Å². The molecule has 6 heteroatoms.